The molecule has 0 amide bonds. The van der Waals surface area contributed by atoms with Gasteiger partial charge >= 0.3 is 0 Å². The second-order valence-electron chi connectivity index (χ2n) is 5.59. The average molecular weight is 274 g/mol. The molecule has 0 aliphatic heterocycles. The first-order valence-electron chi connectivity index (χ1n) is 6.94. The zero-order chi connectivity index (χ0) is 14.3. The lowest BCUT2D eigenvalue weighted by molar-refractivity contribution is -0.121. The van der Waals surface area contributed by atoms with Crippen LogP contribution in [0.2, 0.25) is 0 Å². The Morgan fingerprint density at radius 2 is 2.05 bits per heavy atom. The van der Waals surface area contributed by atoms with Gasteiger partial charge in [-0.2, -0.15) is 0 Å². The van der Waals surface area contributed by atoms with Crippen molar-refractivity contribution in [3.8, 4) is 5.75 Å². The highest BCUT2D eigenvalue weighted by Crippen LogP contribution is 2.37. The number of hydrogen-bond acceptors (Lipinski definition) is 5. The minimum absolute atomic E-state index is 0.0256. The molecule has 3 N–H and O–H groups in total. The monoisotopic (exact) mass is 274 g/mol. The molecule has 0 bridgehead atoms. The van der Waals surface area contributed by atoms with Gasteiger partial charge in [-0.1, -0.05) is 0 Å². The van der Waals surface area contributed by atoms with Crippen LogP contribution < -0.4 is 5.73 Å². The van der Waals surface area contributed by atoms with E-state index < -0.39 is 0 Å². The number of nitrogens with two attached hydrogens (primary N) is 1. The molecule has 1 heterocycles. The van der Waals surface area contributed by atoms with Crippen molar-refractivity contribution in [3.63, 3.8) is 0 Å². The minimum atomic E-state index is 0.0256. The van der Waals surface area contributed by atoms with Crippen LogP contribution in [-0.2, 0) is 4.79 Å². The number of rotatable bonds is 2. The standard InChI is InChI=1S/C15H18N2O3/c1-8(18)9-2-4-10(5-3-9)15-17-12-7-13(19)11(16)6-14(12)20-15/h6-7,9-10,19H,2-5,16H2,1H3/t9-,10-. The molecular weight excluding hydrogens is 256 g/mol. The second-order valence-corrected chi connectivity index (χ2v) is 5.59. The van der Waals surface area contributed by atoms with E-state index in [-0.39, 0.29) is 23.4 Å². The lowest BCUT2D eigenvalue weighted by atomic mass is 9.80. The number of Topliss-reactive ketones (excluding diaryl/α,β-unsaturated/α-hetero) is 1. The maximum atomic E-state index is 11.4. The largest absolute Gasteiger partial charge is 0.506 e. The Balaban J connectivity index is 1.83. The molecule has 0 atom stereocenters. The van der Waals surface area contributed by atoms with Gasteiger partial charge < -0.3 is 15.3 Å². The molecule has 5 nitrogen and oxygen atoms in total. The zero-order valence-electron chi connectivity index (χ0n) is 11.4. The van der Waals surface area contributed by atoms with Crippen LogP contribution in [0.3, 0.4) is 0 Å². The van der Waals surface area contributed by atoms with E-state index in [0.29, 0.717) is 22.7 Å². The Morgan fingerprint density at radius 3 is 2.70 bits per heavy atom. The molecule has 0 spiro atoms. The molecule has 0 radical (unpaired) electrons. The lowest BCUT2D eigenvalue weighted by Gasteiger charge is -2.24. The second kappa shape index (κ2) is 4.81. The Bertz CT molecular complexity index is 615. The average Bonchev–Trinajstić information content (AvgIpc) is 2.82. The van der Waals surface area contributed by atoms with Crippen LogP contribution >= 0.6 is 0 Å². The first-order valence-corrected chi connectivity index (χ1v) is 6.94. The Labute approximate surface area is 116 Å². The fourth-order valence-corrected chi connectivity index (χ4v) is 2.92. The molecule has 2 aromatic rings. The molecule has 0 unspecified atom stereocenters. The third-order valence-corrected chi connectivity index (χ3v) is 4.20. The first-order chi connectivity index (χ1) is 9.54. The molecule has 0 saturated heterocycles. The molecule has 20 heavy (non-hydrogen) atoms. The number of anilines is 1. The van der Waals surface area contributed by atoms with Crippen LogP contribution in [-0.4, -0.2) is 15.9 Å². The molecular formula is C15H18N2O3. The number of fused-ring (bicyclic) bond motifs is 1. The summed E-state index contributed by atoms with van der Waals surface area (Å²) >= 11 is 0. The summed E-state index contributed by atoms with van der Waals surface area (Å²) in [5, 5.41) is 9.59. The van der Waals surface area contributed by atoms with Gasteiger partial charge in [0.15, 0.2) is 11.5 Å². The summed E-state index contributed by atoms with van der Waals surface area (Å²) in [5.74, 6) is 1.43. The van der Waals surface area contributed by atoms with Crippen LogP contribution in [0.15, 0.2) is 16.5 Å². The Hall–Kier alpha value is -2.04. The fourth-order valence-electron chi connectivity index (χ4n) is 2.92. The summed E-state index contributed by atoms with van der Waals surface area (Å²) in [6, 6.07) is 3.13. The van der Waals surface area contributed by atoms with E-state index in [1.807, 2.05) is 0 Å². The summed E-state index contributed by atoms with van der Waals surface area (Å²) in [6.07, 6.45) is 3.62. The SMILES string of the molecule is CC(=O)[C@H]1CC[C@H](c2nc3cc(O)c(N)cc3o2)CC1. The highest BCUT2D eigenvalue weighted by molar-refractivity contribution is 5.80. The van der Waals surface area contributed by atoms with E-state index in [1.54, 1.807) is 13.0 Å². The topological polar surface area (TPSA) is 89.3 Å². The molecule has 1 aliphatic rings. The summed E-state index contributed by atoms with van der Waals surface area (Å²) in [7, 11) is 0. The number of aromatic nitrogens is 1. The number of carbonyl (C=O) groups excluding carboxylic acids is 1. The van der Waals surface area contributed by atoms with Crippen molar-refractivity contribution >= 4 is 22.6 Å². The maximum Gasteiger partial charge on any atom is 0.198 e. The van der Waals surface area contributed by atoms with Crippen molar-refractivity contribution < 1.29 is 14.3 Å². The molecule has 1 saturated carbocycles. The molecule has 1 aromatic carbocycles. The van der Waals surface area contributed by atoms with Crippen LogP contribution in [0.5, 0.6) is 5.75 Å². The fraction of sp³-hybridized carbons (Fsp3) is 0.467. The highest BCUT2D eigenvalue weighted by Gasteiger charge is 2.28. The number of nitrogen functional groups attached to an aromatic ring is 1. The van der Waals surface area contributed by atoms with Crippen molar-refractivity contribution in [2.45, 2.75) is 38.5 Å². The lowest BCUT2D eigenvalue weighted by Crippen LogP contribution is -2.19. The summed E-state index contributed by atoms with van der Waals surface area (Å²) < 4.78 is 5.75. The number of nitrogens with zero attached hydrogens (tertiary/aromatic N) is 1. The van der Waals surface area contributed by atoms with Gasteiger partial charge in [0.1, 0.15) is 17.0 Å². The normalized spacial score (nSPS) is 23.1. The van der Waals surface area contributed by atoms with Gasteiger partial charge in [-0.3, -0.25) is 4.79 Å². The number of phenols is 1. The number of carbonyl (C=O) groups is 1. The number of oxazole rings is 1. The molecule has 5 heteroatoms. The number of phenolic OH excluding ortho intramolecular Hbond substituents is 1. The Kier molecular flexibility index (Phi) is 3.12. The van der Waals surface area contributed by atoms with Gasteiger partial charge in [0.05, 0.1) is 5.69 Å². The number of aromatic hydroxyl groups is 1. The van der Waals surface area contributed by atoms with Crippen LogP contribution in [0.25, 0.3) is 11.1 Å². The minimum Gasteiger partial charge on any atom is -0.506 e. The van der Waals surface area contributed by atoms with Crippen molar-refractivity contribution in [3.05, 3.63) is 18.0 Å². The van der Waals surface area contributed by atoms with Gasteiger partial charge in [-0.15, -0.1) is 0 Å². The number of ketones is 1. The molecule has 1 fully saturated rings. The van der Waals surface area contributed by atoms with Crippen LogP contribution in [0.1, 0.15) is 44.4 Å². The molecule has 1 aliphatic carbocycles. The van der Waals surface area contributed by atoms with E-state index in [0.717, 1.165) is 25.7 Å². The predicted molar refractivity (Wildman–Crippen MR) is 75.5 cm³/mol. The molecule has 3 rings (SSSR count). The van der Waals surface area contributed by atoms with Gasteiger partial charge in [-0.25, -0.2) is 4.98 Å². The third kappa shape index (κ3) is 2.24. The smallest absolute Gasteiger partial charge is 0.198 e. The number of hydrogen-bond donors (Lipinski definition) is 2. The Morgan fingerprint density at radius 1 is 1.35 bits per heavy atom. The summed E-state index contributed by atoms with van der Waals surface area (Å²) in [6.45, 7) is 1.66. The van der Waals surface area contributed by atoms with E-state index in [9.17, 15) is 9.90 Å². The number of benzene rings is 1. The summed E-state index contributed by atoms with van der Waals surface area (Å²) in [4.78, 5) is 15.8. The quantitative estimate of drug-likeness (QED) is 0.649. The van der Waals surface area contributed by atoms with E-state index in [4.69, 9.17) is 10.2 Å². The van der Waals surface area contributed by atoms with Crippen molar-refractivity contribution in [1.82, 2.24) is 4.98 Å². The molecule has 106 valence electrons. The van der Waals surface area contributed by atoms with Crippen molar-refractivity contribution in [1.29, 1.82) is 0 Å². The third-order valence-electron chi connectivity index (χ3n) is 4.20. The zero-order valence-corrected chi connectivity index (χ0v) is 11.4. The maximum absolute atomic E-state index is 11.4. The van der Waals surface area contributed by atoms with Crippen molar-refractivity contribution in [2.24, 2.45) is 5.92 Å². The molecule has 1 aromatic heterocycles. The van der Waals surface area contributed by atoms with Gasteiger partial charge in [0.25, 0.3) is 0 Å². The van der Waals surface area contributed by atoms with Crippen molar-refractivity contribution in [2.75, 3.05) is 5.73 Å². The van der Waals surface area contributed by atoms with Crippen LogP contribution in [0, 0.1) is 5.92 Å². The van der Waals surface area contributed by atoms with Gasteiger partial charge in [0, 0.05) is 24.0 Å². The highest BCUT2D eigenvalue weighted by atomic mass is 16.3. The van der Waals surface area contributed by atoms with E-state index in [2.05, 4.69) is 4.98 Å². The van der Waals surface area contributed by atoms with E-state index >= 15 is 0 Å². The first kappa shape index (κ1) is 13.0. The van der Waals surface area contributed by atoms with E-state index in [1.165, 1.54) is 6.07 Å². The van der Waals surface area contributed by atoms with Gasteiger partial charge in [0.2, 0.25) is 0 Å². The predicted octanol–water partition coefficient (Wildman–Crippen LogP) is 2.98. The summed E-state index contributed by atoms with van der Waals surface area (Å²) in [5.41, 5.74) is 7.17. The van der Waals surface area contributed by atoms with Crippen LogP contribution in [0.4, 0.5) is 5.69 Å². The van der Waals surface area contributed by atoms with Gasteiger partial charge in [-0.05, 0) is 32.6 Å².